The summed E-state index contributed by atoms with van der Waals surface area (Å²) >= 11 is 0. The molecule has 0 fully saturated rings. The average Bonchev–Trinajstić information content (AvgIpc) is 2.58. The van der Waals surface area contributed by atoms with Crippen LogP contribution in [0.2, 0.25) is 0 Å². The van der Waals surface area contributed by atoms with Crippen molar-refractivity contribution >= 4 is 11.7 Å². The van der Waals surface area contributed by atoms with Gasteiger partial charge in [0.05, 0.1) is 6.54 Å². The molecule has 2 heterocycles. The van der Waals surface area contributed by atoms with E-state index < -0.39 is 5.60 Å². The van der Waals surface area contributed by atoms with Gasteiger partial charge in [-0.2, -0.15) is 0 Å². The van der Waals surface area contributed by atoms with Gasteiger partial charge in [0.1, 0.15) is 11.3 Å². The number of nitrogens with zero attached hydrogens (tertiary/aromatic N) is 1. The van der Waals surface area contributed by atoms with Crippen LogP contribution < -0.4 is 5.32 Å². The highest BCUT2D eigenvalue weighted by atomic mass is 16.6. The molecule has 0 saturated heterocycles. The molecule has 0 aromatic heterocycles. The predicted octanol–water partition coefficient (Wildman–Crippen LogP) is 1.07. The van der Waals surface area contributed by atoms with E-state index in [1.54, 1.807) is 0 Å². The Labute approximate surface area is 95.8 Å². The van der Waals surface area contributed by atoms with Gasteiger partial charge >= 0.3 is 5.97 Å². The van der Waals surface area contributed by atoms with E-state index in [-0.39, 0.29) is 5.97 Å². The van der Waals surface area contributed by atoms with Crippen molar-refractivity contribution in [3.63, 3.8) is 0 Å². The highest BCUT2D eigenvalue weighted by molar-refractivity contribution is 6.44. The van der Waals surface area contributed by atoms with Gasteiger partial charge in [-0.25, -0.2) is 4.79 Å². The highest BCUT2D eigenvalue weighted by Gasteiger charge is 2.29. The zero-order chi connectivity index (χ0) is 11.8. The number of hydrogen-bond acceptors (Lipinski definition) is 4. The van der Waals surface area contributed by atoms with Gasteiger partial charge in [-0.05, 0) is 44.9 Å². The minimum atomic E-state index is -0.453. The van der Waals surface area contributed by atoms with E-state index in [0.717, 1.165) is 25.1 Å². The summed E-state index contributed by atoms with van der Waals surface area (Å²) in [5, 5.41) is 3.26. The Kier molecular flexibility index (Phi) is 2.84. The summed E-state index contributed by atoms with van der Waals surface area (Å²) in [6, 6.07) is 0. The van der Waals surface area contributed by atoms with Gasteiger partial charge in [0.15, 0.2) is 0 Å². The van der Waals surface area contributed by atoms with E-state index in [1.807, 2.05) is 20.8 Å². The molecule has 1 N–H and O–H groups in total. The number of ether oxygens (including phenoxy) is 1. The maximum absolute atomic E-state index is 11.9. The molecule has 4 heteroatoms. The van der Waals surface area contributed by atoms with Crippen LogP contribution >= 0.6 is 0 Å². The molecule has 0 aromatic carbocycles. The molecule has 0 bridgehead atoms. The van der Waals surface area contributed by atoms with Crippen LogP contribution in [0.4, 0.5) is 0 Å². The second kappa shape index (κ2) is 4.01. The molecule has 0 radical (unpaired) electrons. The molecule has 0 spiro atoms. The molecule has 88 valence electrons. The van der Waals surface area contributed by atoms with Crippen molar-refractivity contribution in [3.05, 3.63) is 11.1 Å². The maximum Gasteiger partial charge on any atom is 0.357 e. The molecule has 0 amide bonds. The van der Waals surface area contributed by atoms with Gasteiger partial charge in [-0.1, -0.05) is 0 Å². The van der Waals surface area contributed by atoms with Gasteiger partial charge < -0.3 is 10.1 Å². The molecule has 0 atom stereocenters. The van der Waals surface area contributed by atoms with Crippen LogP contribution in [-0.4, -0.2) is 36.9 Å². The Morgan fingerprint density at radius 3 is 2.88 bits per heavy atom. The van der Waals surface area contributed by atoms with Crippen molar-refractivity contribution in [2.45, 2.75) is 32.8 Å². The molecule has 2 aliphatic heterocycles. The Bertz CT molecular complexity index is 375. The first kappa shape index (κ1) is 11.3. The molecular formula is C12H18N2O2. The van der Waals surface area contributed by atoms with Crippen molar-refractivity contribution in [3.8, 4) is 0 Å². The fourth-order valence-electron chi connectivity index (χ4n) is 1.94. The topological polar surface area (TPSA) is 50.7 Å². The maximum atomic E-state index is 11.9. The number of rotatable bonds is 1. The Hall–Kier alpha value is -1.16. The van der Waals surface area contributed by atoms with Gasteiger partial charge in [0.25, 0.3) is 0 Å². The monoisotopic (exact) mass is 222 g/mol. The van der Waals surface area contributed by atoms with Crippen LogP contribution in [0.25, 0.3) is 0 Å². The van der Waals surface area contributed by atoms with E-state index in [4.69, 9.17) is 4.74 Å². The SMILES string of the molecule is CC(C)(C)OC(=O)C1=NCC2=C1CNCC2. The van der Waals surface area contributed by atoms with Crippen molar-refractivity contribution in [2.24, 2.45) is 4.99 Å². The summed E-state index contributed by atoms with van der Waals surface area (Å²) in [5.74, 6) is -0.291. The van der Waals surface area contributed by atoms with Crippen molar-refractivity contribution in [2.75, 3.05) is 19.6 Å². The summed E-state index contributed by atoms with van der Waals surface area (Å²) in [6.07, 6.45) is 0.991. The van der Waals surface area contributed by atoms with E-state index in [1.165, 1.54) is 5.57 Å². The number of nitrogens with one attached hydrogen (secondary N) is 1. The van der Waals surface area contributed by atoms with Gasteiger partial charge in [0.2, 0.25) is 0 Å². The minimum Gasteiger partial charge on any atom is -0.455 e. The van der Waals surface area contributed by atoms with Crippen LogP contribution in [0.15, 0.2) is 16.1 Å². The molecule has 0 saturated carbocycles. The lowest BCUT2D eigenvalue weighted by Crippen LogP contribution is -2.33. The first-order valence-electron chi connectivity index (χ1n) is 5.67. The fraction of sp³-hybridized carbons (Fsp3) is 0.667. The quantitative estimate of drug-likeness (QED) is 0.675. The van der Waals surface area contributed by atoms with Crippen LogP contribution in [-0.2, 0) is 9.53 Å². The predicted molar refractivity (Wildman–Crippen MR) is 62.7 cm³/mol. The number of hydrogen-bond donors (Lipinski definition) is 1. The standard InChI is InChI=1S/C12H18N2O2/c1-12(2,3)16-11(15)10-9-7-13-5-4-8(9)6-14-10/h13H,4-7H2,1-3H3. The van der Waals surface area contributed by atoms with E-state index in [0.29, 0.717) is 12.3 Å². The largest absolute Gasteiger partial charge is 0.455 e. The Morgan fingerprint density at radius 2 is 2.19 bits per heavy atom. The van der Waals surface area contributed by atoms with Gasteiger partial charge in [0, 0.05) is 6.54 Å². The lowest BCUT2D eigenvalue weighted by Gasteiger charge is -2.21. The second-order valence-corrected chi connectivity index (χ2v) is 5.18. The van der Waals surface area contributed by atoms with Gasteiger partial charge in [-0.15, -0.1) is 0 Å². The third kappa shape index (κ3) is 2.32. The summed E-state index contributed by atoms with van der Waals surface area (Å²) in [6.45, 7) is 8.01. The van der Waals surface area contributed by atoms with E-state index in [9.17, 15) is 4.79 Å². The smallest absolute Gasteiger partial charge is 0.357 e. The number of esters is 1. The minimum absolute atomic E-state index is 0.291. The van der Waals surface area contributed by atoms with Crippen LogP contribution in [0, 0.1) is 0 Å². The molecule has 2 aliphatic rings. The second-order valence-electron chi connectivity index (χ2n) is 5.18. The van der Waals surface area contributed by atoms with Crippen LogP contribution in [0.5, 0.6) is 0 Å². The van der Waals surface area contributed by atoms with Crippen molar-refractivity contribution in [1.29, 1.82) is 0 Å². The molecule has 4 nitrogen and oxygen atoms in total. The third-order valence-electron chi connectivity index (χ3n) is 2.64. The lowest BCUT2D eigenvalue weighted by molar-refractivity contribution is -0.146. The van der Waals surface area contributed by atoms with E-state index >= 15 is 0 Å². The Balaban J connectivity index is 2.11. The lowest BCUT2D eigenvalue weighted by atomic mass is 10.0. The number of carbonyl (C=O) groups excluding carboxylic acids is 1. The van der Waals surface area contributed by atoms with Crippen LogP contribution in [0.3, 0.4) is 0 Å². The summed E-state index contributed by atoms with van der Waals surface area (Å²) in [4.78, 5) is 16.2. The molecular weight excluding hydrogens is 204 g/mol. The molecule has 0 unspecified atom stereocenters. The highest BCUT2D eigenvalue weighted by Crippen LogP contribution is 2.22. The normalized spacial score (nSPS) is 20.6. The van der Waals surface area contributed by atoms with Crippen molar-refractivity contribution in [1.82, 2.24) is 5.32 Å². The first-order valence-corrected chi connectivity index (χ1v) is 5.67. The van der Waals surface area contributed by atoms with Crippen molar-refractivity contribution < 1.29 is 9.53 Å². The first-order chi connectivity index (χ1) is 7.47. The average molecular weight is 222 g/mol. The zero-order valence-corrected chi connectivity index (χ0v) is 10.1. The van der Waals surface area contributed by atoms with Gasteiger partial charge in [-0.3, -0.25) is 4.99 Å². The summed E-state index contributed by atoms with van der Waals surface area (Å²) < 4.78 is 5.34. The molecule has 16 heavy (non-hydrogen) atoms. The fourth-order valence-corrected chi connectivity index (χ4v) is 1.94. The van der Waals surface area contributed by atoms with E-state index in [2.05, 4.69) is 10.3 Å². The number of carbonyl (C=O) groups is 1. The number of aliphatic imine (C=N–C) groups is 1. The van der Waals surface area contributed by atoms with Crippen LogP contribution in [0.1, 0.15) is 27.2 Å². The Morgan fingerprint density at radius 1 is 1.44 bits per heavy atom. The summed E-state index contributed by atoms with van der Waals surface area (Å²) in [5.41, 5.74) is 2.42. The molecule has 0 aliphatic carbocycles. The third-order valence-corrected chi connectivity index (χ3v) is 2.64. The molecule has 2 rings (SSSR count). The summed E-state index contributed by atoms with van der Waals surface area (Å²) in [7, 11) is 0. The molecule has 0 aromatic rings. The zero-order valence-electron chi connectivity index (χ0n) is 10.1.